The Morgan fingerprint density at radius 2 is 1.57 bits per heavy atom. The Kier molecular flexibility index (Phi) is 4.69. The lowest BCUT2D eigenvalue weighted by molar-refractivity contribution is -0.143. The maximum absolute atomic E-state index is 13.8. The van der Waals surface area contributed by atoms with Crippen molar-refractivity contribution in [2.24, 2.45) is 11.8 Å². The fraction of sp³-hybridized carbons (Fsp3) is 0.222. The van der Waals surface area contributed by atoms with E-state index >= 15 is 0 Å². The lowest BCUT2D eigenvalue weighted by atomic mass is 9.76. The lowest BCUT2D eigenvalue weighted by Gasteiger charge is -2.29. The summed E-state index contributed by atoms with van der Waals surface area (Å²) < 4.78 is 0. The fourth-order valence-corrected chi connectivity index (χ4v) is 5.86. The number of nitrogens with one attached hydrogen (secondary N) is 2. The number of imide groups is 1. The number of carbonyl (C=O) groups excluding carboxylic acids is 3. The summed E-state index contributed by atoms with van der Waals surface area (Å²) in [6.07, 6.45) is 0.282. The molecule has 4 N–H and O–H groups in total. The van der Waals surface area contributed by atoms with Gasteiger partial charge in [-0.2, -0.15) is 0 Å². The average Bonchev–Trinajstić information content (AvgIpc) is 3.43. The summed E-state index contributed by atoms with van der Waals surface area (Å²) in [7, 11) is 0. The van der Waals surface area contributed by atoms with E-state index in [-0.39, 0.29) is 42.2 Å². The molecule has 1 spiro atoms. The normalized spacial score (nSPS) is 26.8. The van der Waals surface area contributed by atoms with Gasteiger partial charge in [0.15, 0.2) is 11.5 Å². The van der Waals surface area contributed by atoms with Gasteiger partial charge in [0.1, 0.15) is 5.54 Å². The van der Waals surface area contributed by atoms with Crippen LogP contribution in [0.2, 0.25) is 0 Å². The van der Waals surface area contributed by atoms with E-state index in [9.17, 15) is 24.6 Å². The molecule has 0 aromatic heterocycles. The van der Waals surface area contributed by atoms with Crippen molar-refractivity contribution < 1.29 is 24.6 Å². The van der Waals surface area contributed by atoms with Crippen LogP contribution in [-0.4, -0.2) is 38.9 Å². The van der Waals surface area contributed by atoms with Crippen molar-refractivity contribution in [3.05, 3.63) is 89.5 Å². The van der Waals surface area contributed by atoms with Crippen LogP contribution in [0.5, 0.6) is 11.5 Å². The van der Waals surface area contributed by atoms with Crippen molar-refractivity contribution in [2.45, 2.75) is 24.5 Å². The maximum Gasteiger partial charge on any atom is 0.250 e. The van der Waals surface area contributed by atoms with E-state index in [1.165, 1.54) is 17.0 Å². The molecule has 6 rings (SSSR count). The van der Waals surface area contributed by atoms with Crippen LogP contribution in [0.1, 0.15) is 16.7 Å². The van der Waals surface area contributed by atoms with Crippen molar-refractivity contribution in [2.75, 3.05) is 5.32 Å². The Bertz CT molecular complexity index is 1370. The minimum absolute atomic E-state index is 0.136. The van der Waals surface area contributed by atoms with Gasteiger partial charge in [-0.3, -0.25) is 24.6 Å². The highest BCUT2D eigenvalue weighted by atomic mass is 16.3. The zero-order chi connectivity index (χ0) is 24.3. The van der Waals surface area contributed by atoms with E-state index in [0.29, 0.717) is 16.8 Å². The third-order valence-corrected chi connectivity index (χ3v) is 7.39. The van der Waals surface area contributed by atoms with Gasteiger partial charge in [-0.25, -0.2) is 0 Å². The molecular weight excluding hydrogens is 446 g/mol. The quantitative estimate of drug-likeness (QED) is 0.344. The standard InChI is InChI=1S/C27H23N3O5/c31-20-11-10-16(13-21(20)32)12-19-22-23(25(34)30(24(22)33)14-15-6-2-1-3-7-15)27(29-19)17-8-4-5-9-18(17)28-26(27)35/h1-11,13,19,22-23,29,31-32H,12,14H2,(H,28,35)/t19-,22+,23-,27-/m0/s1. The number of hydrogen-bond donors (Lipinski definition) is 4. The summed E-state index contributed by atoms with van der Waals surface area (Å²) in [5.41, 5.74) is 1.39. The molecule has 0 aliphatic carbocycles. The van der Waals surface area contributed by atoms with Gasteiger partial charge in [0, 0.05) is 17.3 Å². The minimum Gasteiger partial charge on any atom is -0.504 e. The summed E-state index contributed by atoms with van der Waals surface area (Å²) in [6, 6.07) is 20.4. The first-order chi connectivity index (χ1) is 16.9. The topological polar surface area (TPSA) is 119 Å². The molecule has 8 nitrogen and oxygen atoms in total. The molecule has 3 aliphatic rings. The number of nitrogens with zero attached hydrogens (tertiary/aromatic N) is 1. The first-order valence-electron chi connectivity index (χ1n) is 11.5. The number of rotatable bonds is 4. The Morgan fingerprint density at radius 1 is 0.829 bits per heavy atom. The Morgan fingerprint density at radius 3 is 2.34 bits per heavy atom. The van der Waals surface area contributed by atoms with Crippen LogP contribution >= 0.6 is 0 Å². The molecule has 3 heterocycles. The number of phenolic OH excluding ortho intramolecular Hbond substituents is 2. The zero-order valence-corrected chi connectivity index (χ0v) is 18.6. The number of fused-ring (bicyclic) bond motifs is 4. The molecule has 3 aromatic rings. The molecule has 0 unspecified atom stereocenters. The highest BCUT2D eigenvalue weighted by molar-refractivity contribution is 6.15. The van der Waals surface area contributed by atoms with Gasteiger partial charge < -0.3 is 15.5 Å². The average molecular weight is 469 g/mol. The Labute approximate surface area is 201 Å². The second-order valence-corrected chi connectivity index (χ2v) is 9.34. The van der Waals surface area contributed by atoms with E-state index in [1.807, 2.05) is 48.5 Å². The van der Waals surface area contributed by atoms with Crippen molar-refractivity contribution in [1.29, 1.82) is 0 Å². The van der Waals surface area contributed by atoms with Gasteiger partial charge in [0.2, 0.25) is 17.7 Å². The SMILES string of the molecule is O=C1[C@@H]2[C@H](Cc3ccc(O)c(O)c3)N[C@]3(C(=O)Nc4ccccc43)[C@@H]2C(=O)N1Cc1ccccc1. The summed E-state index contributed by atoms with van der Waals surface area (Å²) in [6.45, 7) is 0.136. The van der Waals surface area contributed by atoms with Crippen molar-refractivity contribution >= 4 is 23.4 Å². The van der Waals surface area contributed by atoms with E-state index in [1.54, 1.807) is 12.1 Å². The number of para-hydroxylation sites is 1. The third kappa shape index (κ3) is 3.06. The molecule has 3 amide bonds. The number of carbonyl (C=O) groups is 3. The van der Waals surface area contributed by atoms with Gasteiger partial charge in [0.25, 0.3) is 0 Å². The zero-order valence-electron chi connectivity index (χ0n) is 18.6. The van der Waals surface area contributed by atoms with Crippen LogP contribution in [0.3, 0.4) is 0 Å². The second-order valence-electron chi connectivity index (χ2n) is 9.34. The smallest absolute Gasteiger partial charge is 0.250 e. The molecule has 0 radical (unpaired) electrons. The first kappa shape index (κ1) is 21.4. The van der Waals surface area contributed by atoms with E-state index < -0.39 is 23.4 Å². The van der Waals surface area contributed by atoms with Gasteiger partial charge >= 0.3 is 0 Å². The highest BCUT2D eigenvalue weighted by Gasteiger charge is 2.70. The molecule has 3 aromatic carbocycles. The maximum atomic E-state index is 13.8. The first-order valence-corrected chi connectivity index (χ1v) is 11.5. The number of benzene rings is 3. The van der Waals surface area contributed by atoms with Gasteiger partial charge in [0.05, 0.1) is 18.4 Å². The van der Waals surface area contributed by atoms with Crippen molar-refractivity contribution in [1.82, 2.24) is 10.2 Å². The van der Waals surface area contributed by atoms with Crippen LogP contribution in [0.15, 0.2) is 72.8 Å². The number of likely N-dealkylation sites (tertiary alicyclic amines) is 1. The van der Waals surface area contributed by atoms with Gasteiger partial charge in [-0.1, -0.05) is 54.6 Å². The van der Waals surface area contributed by atoms with E-state index in [0.717, 1.165) is 5.56 Å². The van der Waals surface area contributed by atoms with Crippen LogP contribution in [-0.2, 0) is 32.9 Å². The third-order valence-electron chi connectivity index (χ3n) is 7.39. The van der Waals surface area contributed by atoms with Gasteiger partial charge in [-0.15, -0.1) is 0 Å². The largest absolute Gasteiger partial charge is 0.504 e. The van der Waals surface area contributed by atoms with E-state index in [4.69, 9.17) is 0 Å². The predicted molar refractivity (Wildman–Crippen MR) is 126 cm³/mol. The predicted octanol–water partition coefficient (Wildman–Crippen LogP) is 2.26. The number of amides is 3. The molecule has 4 atom stereocenters. The number of phenols is 2. The number of aromatic hydroxyl groups is 2. The molecule has 35 heavy (non-hydrogen) atoms. The molecular formula is C27H23N3O5. The monoisotopic (exact) mass is 469 g/mol. The molecule has 0 saturated carbocycles. The highest BCUT2D eigenvalue weighted by Crippen LogP contribution is 2.53. The second kappa shape index (κ2) is 7.68. The molecule has 0 bridgehead atoms. The van der Waals surface area contributed by atoms with Crippen LogP contribution < -0.4 is 10.6 Å². The van der Waals surface area contributed by atoms with E-state index in [2.05, 4.69) is 10.6 Å². The Hall–Kier alpha value is -4.17. The molecule has 2 fully saturated rings. The number of hydrogen-bond acceptors (Lipinski definition) is 6. The number of anilines is 1. The summed E-state index contributed by atoms with van der Waals surface area (Å²) >= 11 is 0. The van der Waals surface area contributed by atoms with Crippen molar-refractivity contribution in [3.63, 3.8) is 0 Å². The molecule has 176 valence electrons. The fourth-order valence-electron chi connectivity index (χ4n) is 5.86. The minimum atomic E-state index is -1.37. The lowest BCUT2D eigenvalue weighted by Crippen LogP contribution is -2.53. The van der Waals surface area contributed by atoms with Crippen molar-refractivity contribution in [3.8, 4) is 11.5 Å². The van der Waals surface area contributed by atoms with Crippen LogP contribution in [0, 0.1) is 11.8 Å². The summed E-state index contributed by atoms with van der Waals surface area (Å²) in [5, 5.41) is 25.9. The van der Waals surface area contributed by atoms with Crippen LogP contribution in [0.4, 0.5) is 5.69 Å². The molecule has 3 aliphatic heterocycles. The van der Waals surface area contributed by atoms with Gasteiger partial charge in [-0.05, 0) is 35.7 Å². The summed E-state index contributed by atoms with van der Waals surface area (Å²) in [4.78, 5) is 42.3. The molecule has 8 heteroatoms. The molecule has 2 saturated heterocycles. The summed E-state index contributed by atoms with van der Waals surface area (Å²) in [5.74, 6) is -3.23. The van der Waals surface area contributed by atoms with Crippen LogP contribution in [0.25, 0.3) is 0 Å². The Balaban J connectivity index is 1.44.